The minimum absolute atomic E-state index is 0.195. The maximum Gasteiger partial charge on any atom is 0.119 e. The van der Waals surface area contributed by atoms with Crippen LogP contribution in [0.3, 0.4) is 0 Å². The summed E-state index contributed by atoms with van der Waals surface area (Å²) in [7, 11) is 0. The second kappa shape index (κ2) is 15.4. The summed E-state index contributed by atoms with van der Waals surface area (Å²) in [6.45, 7) is 0. The Morgan fingerprint density at radius 1 is 0.322 bits per heavy atom. The van der Waals surface area contributed by atoms with Gasteiger partial charge in [0.2, 0.25) is 0 Å². The van der Waals surface area contributed by atoms with E-state index < -0.39 is 0 Å². The topological polar surface area (TPSA) is 68.8 Å². The lowest BCUT2D eigenvalue weighted by Gasteiger charge is -2.18. The summed E-state index contributed by atoms with van der Waals surface area (Å²) in [5.41, 5.74) is 17.2. The highest BCUT2D eigenvalue weighted by molar-refractivity contribution is 5.94. The molecule has 0 saturated heterocycles. The lowest BCUT2D eigenvalue weighted by Crippen LogP contribution is -1.95. The Bertz CT molecular complexity index is 2880. The van der Waals surface area contributed by atoms with Crippen molar-refractivity contribution in [2.45, 2.75) is 0 Å². The molecular formula is C53H37N5O. The fraction of sp³-hybridized carbons (Fsp3) is 0. The standard InChI is InChI=1S/C53H37N5O/c59-46-27-30-54-53(36-46)40-17-15-37(16-18-40)47-9-1-4-12-50(47)41-33-42(51-13-5-2-10-48(51)38-19-23-44(24-20-38)57-31-7-28-55-57)35-43(34-41)52-14-6-3-11-49(52)39-21-25-45(26-22-39)58-32-8-29-56-58/h1-36H,(H,54,59). The predicted molar refractivity (Wildman–Crippen MR) is 238 cm³/mol. The molecule has 0 aliphatic heterocycles. The Balaban J connectivity index is 1.12. The van der Waals surface area contributed by atoms with Gasteiger partial charge < -0.3 is 5.11 Å². The monoisotopic (exact) mass is 759 g/mol. The Hall–Kier alpha value is -8.09. The molecule has 0 atom stereocenters. The first kappa shape index (κ1) is 35.3. The molecule has 1 N–H and O–H groups in total. The molecule has 10 aromatic rings. The molecule has 0 aliphatic rings. The van der Waals surface area contributed by atoms with E-state index in [4.69, 9.17) is 0 Å². The molecule has 0 bridgehead atoms. The molecule has 0 unspecified atom stereocenters. The van der Waals surface area contributed by atoms with Crippen molar-refractivity contribution in [2.24, 2.45) is 0 Å². The Kier molecular flexibility index (Phi) is 9.25. The van der Waals surface area contributed by atoms with Gasteiger partial charge in [-0.25, -0.2) is 9.36 Å². The Morgan fingerprint density at radius 2 is 0.678 bits per heavy atom. The van der Waals surface area contributed by atoms with Gasteiger partial charge in [-0.05, 0) is 127 Å². The molecule has 59 heavy (non-hydrogen) atoms. The SMILES string of the molecule is Oc1ccnc(-c2ccc(-c3ccccc3-c3cc(-c4ccccc4-c4ccc(-n5cccn5)cc4)cc(-c4ccccc4-c4ccc(-n5cccn5)cc4)c3)cc2)c1. The average Bonchev–Trinajstić information content (AvgIpc) is 4.06. The fourth-order valence-corrected chi connectivity index (χ4v) is 7.88. The van der Waals surface area contributed by atoms with Gasteiger partial charge in [-0.1, -0.05) is 121 Å². The number of rotatable bonds is 9. The number of pyridine rings is 1. The number of aromatic hydroxyl groups is 1. The van der Waals surface area contributed by atoms with Crippen molar-refractivity contribution >= 4 is 0 Å². The molecule has 0 spiro atoms. The van der Waals surface area contributed by atoms with Crippen molar-refractivity contribution in [1.29, 1.82) is 0 Å². The molecule has 6 heteroatoms. The van der Waals surface area contributed by atoms with Crippen LogP contribution in [0.2, 0.25) is 0 Å². The van der Waals surface area contributed by atoms with Crippen molar-refractivity contribution in [3.8, 4) is 95.1 Å². The van der Waals surface area contributed by atoms with Gasteiger partial charge in [-0.2, -0.15) is 10.2 Å². The van der Waals surface area contributed by atoms with Gasteiger partial charge in [0.1, 0.15) is 5.75 Å². The van der Waals surface area contributed by atoms with Crippen LogP contribution in [0.25, 0.3) is 89.4 Å². The van der Waals surface area contributed by atoms with E-state index in [1.807, 2.05) is 33.9 Å². The van der Waals surface area contributed by atoms with E-state index >= 15 is 0 Å². The smallest absolute Gasteiger partial charge is 0.119 e. The third kappa shape index (κ3) is 7.11. The largest absolute Gasteiger partial charge is 0.508 e. The number of hydrogen-bond acceptors (Lipinski definition) is 4. The van der Waals surface area contributed by atoms with Crippen molar-refractivity contribution in [2.75, 3.05) is 0 Å². The molecule has 3 heterocycles. The summed E-state index contributed by atoms with van der Waals surface area (Å²) in [5, 5.41) is 18.9. The van der Waals surface area contributed by atoms with Crippen LogP contribution in [0, 0.1) is 0 Å². The van der Waals surface area contributed by atoms with Gasteiger partial charge in [0.05, 0.1) is 17.1 Å². The van der Waals surface area contributed by atoms with Crippen molar-refractivity contribution in [1.82, 2.24) is 24.5 Å². The van der Waals surface area contributed by atoms with Crippen molar-refractivity contribution in [3.05, 3.63) is 219 Å². The second-order valence-corrected chi connectivity index (χ2v) is 14.4. The molecule has 0 radical (unpaired) electrons. The maximum absolute atomic E-state index is 10.1. The minimum Gasteiger partial charge on any atom is -0.508 e. The quantitative estimate of drug-likeness (QED) is 0.159. The van der Waals surface area contributed by atoms with E-state index in [2.05, 4.69) is 179 Å². The summed E-state index contributed by atoms with van der Waals surface area (Å²) in [6, 6.07) is 65.6. The number of benzene rings is 7. The van der Waals surface area contributed by atoms with E-state index in [9.17, 15) is 5.11 Å². The molecule has 0 aliphatic carbocycles. The molecule has 280 valence electrons. The van der Waals surface area contributed by atoms with Crippen LogP contribution in [0.1, 0.15) is 0 Å². The third-order valence-corrected chi connectivity index (χ3v) is 10.8. The third-order valence-electron chi connectivity index (χ3n) is 10.8. The first-order valence-corrected chi connectivity index (χ1v) is 19.5. The molecule has 0 fully saturated rings. The second-order valence-electron chi connectivity index (χ2n) is 14.4. The summed E-state index contributed by atoms with van der Waals surface area (Å²) >= 11 is 0. The van der Waals surface area contributed by atoms with Gasteiger partial charge in [-0.15, -0.1) is 0 Å². The number of aromatic nitrogens is 5. The van der Waals surface area contributed by atoms with Crippen LogP contribution in [-0.2, 0) is 0 Å². The summed E-state index contributed by atoms with van der Waals surface area (Å²) < 4.78 is 3.75. The Labute approximate surface area is 342 Å². The van der Waals surface area contributed by atoms with Crippen molar-refractivity contribution < 1.29 is 5.11 Å². The van der Waals surface area contributed by atoms with Crippen molar-refractivity contribution in [3.63, 3.8) is 0 Å². The summed E-state index contributed by atoms with van der Waals surface area (Å²) in [6.07, 6.45) is 9.13. The zero-order valence-corrected chi connectivity index (χ0v) is 32.0. The fourth-order valence-electron chi connectivity index (χ4n) is 7.88. The molecule has 0 saturated carbocycles. The zero-order chi connectivity index (χ0) is 39.5. The van der Waals surface area contributed by atoms with E-state index in [-0.39, 0.29) is 5.75 Å². The number of hydrogen-bond donors (Lipinski definition) is 1. The highest BCUT2D eigenvalue weighted by Gasteiger charge is 2.17. The van der Waals surface area contributed by atoms with Gasteiger partial charge in [0.15, 0.2) is 0 Å². The summed E-state index contributed by atoms with van der Waals surface area (Å²) in [5.74, 6) is 0.195. The van der Waals surface area contributed by atoms with Crippen LogP contribution in [0.15, 0.2) is 219 Å². The van der Waals surface area contributed by atoms with E-state index in [1.54, 1.807) is 30.7 Å². The van der Waals surface area contributed by atoms with Gasteiger partial charge in [0.25, 0.3) is 0 Å². The van der Waals surface area contributed by atoms with Gasteiger partial charge >= 0.3 is 0 Å². The summed E-state index contributed by atoms with van der Waals surface area (Å²) in [4.78, 5) is 4.48. The maximum atomic E-state index is 10.1. The molecule has 0 amide bonds. The zero-order valence-electron chi connectivity index (χ0n) is 32.0. The van der Waals surface area contributed by atoms with E-state index in [0.717, 1.165) is 89.4 Å². The highest BCUT2D eigenvalue weighted by Crippen LogP contribution is 2.42. The Morgan fingerprint density at radius 3 is 1.03 bits per heavy atom. The van der Waals surface area contributed by atoms with E-state index in [0.29, 0.717) is 0 Å². The first-order valence-electron chi connectivity index (χ1n) is 19.5. The highest BCUT2D eigenvalue weighted by atomic mass is 16.3. The van der Waals surface area contributed by atoms with Crippen LogP contribution >= 0.6 is 0 Å². The number of nitrogens with zero attached hydrogens (tertiary/aromatic N) is 5. The minimum atomic E-state index is 0.195. The van der Waals surface area contributed by atoms with Crippen LogP contribution < -0.4 is 0 Å². The van der Waals surface area contributed by atoms with Crippen LogP contribution in [0.5, 0.6) is 5.75 Å². The van der Waals surface area contributed by atoms with Crippen LogP contribution in [0.4, 0.5) is 0 Å². The molecule has 7 aromatic carbocycles. The molecular weight excluding hydrogens is 723 g/mol. The lowest BCUT2D eigenvalue weighted by molar-refractivity contribution is 0.475. The average molecular weight is 760 g/mol. The molecule has 10 rings (SSSR count). The normalized spacial score (nSPS) is 11.1. The first-order chi connectivity index (χ1) is 29.1. The van der Waals surface area contributed by atoms with Gasteiger partial charge in [0, 0.05) is 42.6 Å². The van der Waals surface area contributed by atoms with E-state index in [1.165, 1.54) is 0 Å². The predicted octanol–water partition coefficient (Wildman–Crippen LogP) is 12.8. The molecule has 3 aromatic heterocycles. The molecule has 6 nitrogen and oxygen atoms in total. The van der Waals surface area contributed by atoms with Crippen LogP contribution in [-0.4, -0.2) is 29.7 Å². The van der Waals surface area contributed by atoms with Gasteiger partial charge in [-0.3, -0.25) is 4.98 Å². The lowest BCUT2D eigenvalue weighted by atomic mass is 9.86.